The molecule has 0 radical (unpaired) electrons. The van der Waals surface area contributed by atoms with Crippen LogP contribution in [0.2, 0.25) is 0 Å². The van der Waals surface area contributed by atoms with Crippen LogP contribution in [0.15, 0.2) is 29.4 Å². The van der Waals surface area contributed by atoms with Gasteiger partial charge in [0.1, 0.15) is 5.76 Å². The molecule has 0 atom stereocenters. The highest BCUT2D eigenvalue weighted by Crippen LogP contribution is 2.09. The minimum Gasteiger partial charge on any atom is -0.469 e. The summed E-state index contributed by atoms with van der Waals surface area (Å²) in [4.78, 5) is 10.9. The molecule has 0 bridgehead atoms. The zero-order chi connectivity index (χ0) is 7.56. The van der Waals surface area contributed by atoms with Crippen LogP contribution in [0.3, 0.4) is 0 Å². The topological polar surface area (TPSA) is 30.2 Å². The Balaban J connectivity index is 3.04. The van der Waals surface area contributed by atoms with Crippen molar-refractivity contribution in [3.05, 3.63) is 36.3 Å². The highest BCUT2D eigenvalue weighted by molar-refractivity contribution is 6.04. The second-order valence-corrected chi connectivity index (χ2v) is 1.96. The first kappa shape index (κ1) is 6.81. The van der Waals surface area contributed by atoms with E-state index in [9.17, 15) is 4.79 Å². The second kappa shape index (κ2) is 2.52. The first-order valence-electron chi connectivity index (χ1n) is 2.96. The van der Waals surface area contributed by atoms with E-state index in [0.717, 1.165) is 0 Å². The molecule has 0 aromatic carbocycles. The maximum absolute atomic E-state index is 10.9. The number of allylic oxidation sites excluding steroid dienone is 1. The quantitative estimate of drug-likeness (QED) is 0.459. The van der Waals surface area contributed by atoms with Crippen LogP contribution in [0.5, 0.6) is 0 Å². The average Bonchev–Trinajstić information content (AvgIpc) is 2.34. The molecule has 1 aromatic rings. The SMILES string of the molecule is C=CC(=O)c1ccoc1C. The molecule has 0 aliphatic rings. The molecule has 0 aliphatic heterocycles. The van der Waals surface area contributed by atoms with Gasteiger partial charge in [-0.15, -0.1) is 0 Å². The van der Waals surface area contributed by atoms with E-state index in [1.807, 2.05) is 0 Å². The van der Waals surface area contributed by atoms with E-state index in [0.29, 0.717) is 11.3 Å². The van der Waals surface area contributed by atoms with Gasteiger partial charge in [-0.05, 0) is 19.1 Å². The van der Waals surface area contributed by atoms with E-state index in [-0.39, 0.29) is 5.78 Å². The molecule has 2 heteroatoms. The molecular formula is C8H8O2. The summed E-state index contributed by atoms with van der Waals surface area (Å²) in [7, 11) is 0. The Kier molecular flexibility index (Phi) is 1.71. The van der Waals surface area contributed by atoms with Crippen LogP contribution >= 0.6 is 0 Å². The van der Waals surface area contributed by atoms with Gasteiger partial charge >= 0.3 is 0 Å². The lowest BCUT2D eigenvalue weighted by Gasteiger charge is -1.87. The molecule has 0 N–H and O–H groups in total. The first-order valence-corrected chi connectivity index (χ1v) is 2.96. The lowest BCUT2D eigenvalue weighted by molar-refractivity contribution is 0.104. The van der Waals surface area contributed by atoms with E-state index in [2.05, 4.69) is 6.58 Å². The summed E-state index contributed by atoms with van der Waals surface area (Å²) in [6, 6.07) is 1.64. The Morgan fingerprint density at radius 3 is 2.90 bits per heavy atom. The predicted octanol–water partition coefficient (Wildman–Crippen LogP) is 1.96. The van der Waals surface area contributed by atoms with Crippen LogP contribution in [0.1, 0.15) is 16.1 Å². The maximum Gasteiger partial charge on any atom is 0.188 e. The van der Waals surface area contributed by atoms with Gasteiger partial charge in [-0.3, -0.25) is 4.79 Å². The van der Waals surface area contributed by atoms with E-state index in [1.165, 1.54) is 12.3 Å². The van der Waals surface area contributed by atoms with Crippen molar-refractivity contribution in [3.63, 3.8) is 0 Å². The van der Waals surface area contributed by atoms with Gasteiger partial charge in [-0.1, -0.05) is 6.58 Å². The molecule has 0 unspecified atom stereocenters. The van der Waals surface area contributed by atoms with Gasteiger partial charge in [0.15, 0.2) is 5.78 Å². The number of carbonyl (C=O) groups is 1. The number of ketones is 1. The van der Waals surface area contributed by atoms with Crippen molar-refractivity contribution >= 4 is 5.78 Å². The Hall–Kier alpha value is -1.31. The van der Waals surface area contributed by atoms with E-state index in [4.69, 9.17) is 4.42 Å². The van der Waals surface area contributed by atoms with Crippen LogP contribution < -0.4 is 0 Å². The Labute approximate surface area is 59.2 Å². The fourth-order valence-corrected chi connectivity index (χ4v) is 0.751. The first-order chi connectivity index (χ1) is 4.75. The van der Waals surface area contributed by atoms with Gasteiger partial charge in [0.25, 0.3) is 0 Å². The number of hydrogen-bond donors (Lipinski definition) is 0. The summed E-state index contributed by atoms with van der Waals surface area (Å²) in [5.74, 6) is 0.552. The zero-order valence-corrected chi connectivity index (χ0v) is 5.76. The summed E-state index contributed by atoms with van der Waals surface area (Å²) in [6.45, 7) is 5.11. The van der Waals surface area contributed by atoms with Gasteiger partial charge in [0, 0.05) is 0 Å². The molecule has 1 rings (SSSR count). The van der Waals surface area contributed by atoms with Crippen molar-refractivity contribution in [2.24, 2.45) is 0 Å². The summed E-state index contributed by atoms with van der Waals surface area (Å²) in [6.07, 6.45) is 2.77. The smallest absolute Gasteiger partial charge is 0.188 e. The van der Waals surface area contributed by atoms with Gasteiger partial charge in [-0.2, -0.15) is 0 Å². The van der Waals surface area contributed by atoms with Crippen LogP contribution in [-0.2, 0) is 0 Å². The highest BCUT2D eigenvalue weighted by atomic mass is 16.3. The van der Waals surface area contributed by atoms with Gasteiger partial charge in [-0.25, -0.2) is 0 Å². The lowest BCUT2D eigenvalue weighted by Crippen LogP contribution is -1.92. The third kappa shape index (κ3) is 1.00. The molecule has 0 fully saturated rings. The van der Waals surface area contributed by atoms with Gasteiger partial charge in [0.05, 0.1) is 11.8 Å². The highest BCUT2D eigenvalue weighted by Gasteiger charge is 2.05. The maximum atomic E-state index is 10.9. The third-order valence-corrected chi connectivity index (χ3v) is 1.31. The minimum absolute atomic E-state index is 0.0914. The fraction of sp³-hybridized carbons (Fsp3) is 0.125. The fourth-order valence-electron chi connectivity index (χ4n) is 0.751. The van der Waals surface area contributed by atoms with Crippen molar-refractivity contribution < 1.29 is 9.21 Å². The number of hydrogen-bond acceptors (Lipinski definition) is 2. The second-order valence-electron chi connectivity index (χ2n) is 1.96. The van der Waals surface area contributed by atoms with E-state index < -0.39 is 0 Å². The molecular weight excluding hydrogens is 128 g/mol. The Bertz CT molecular complexity index is 258. The van der Waals surface area contributed by atoms with Crippen molar-refractivity contribution in [2.45, 2.75) is 6.92 Å². The van der Waals surface area contributed by atoms with E-state index in [1.54, 1.807) is 13.0 Å². The van der Waals surface area contributed by atoms with Crippen LogP contribution in [0.4, 0.5) is 0 Å². The third-order valence-electron chi connectivity index (χ3n) is 1.31. The Morgan fingerprint density at radius 1 is 1.80 bits per heavy atom. The summed E-state index contributed by atoms with van der Waals surface area (Å²) < 4.78 is 4.92. The number of aryl methyl sites for hydroxylation is 1. The molecule has 2 nitrogen and oxygen atoms in total. The number of carbonyl (C=O) groups excluding carboxylic acids is 1. The summed E-state index contributed by atoms with van der Waals surface area (Å²) >= 11 is 0. The molecule has 0 spiro atoms. The zero-order valence-electron chi connectivity index (χ0n) is 5.76. The molecule has 10 heavy (non-hydrogen) atoms. The molecule has 0 aliphatic carbocycles. The number of rotatable bonds is 2. The molecule has 52 valence electrons. The van der Waals surface area contributed by atoms with Crippen LogP contribution in [0.25, 0.3) is 0 Å². The molecule has 0 saturated heterocycles. The van der Waals surface area contributed by atoms with Crippen molar-refractivity contribution in [3.8, 4) is 0 Å². The van der Waals surface area contributed by atoms with E-state index >= 15 is 0 Å². The van der Waals surface area contributed by atoms with Crippen molar-refractivity contribution in [1.82, 2.24) is 0 Å². The molecule has 1 heterocycles. The predicted molar refractivity (Wildman–Crippen MR) is 38.0 cm³/mol. The molecule has 0 saturated carbocycles. The van der Waals surface area contributed by atoms with Gasteiger partial charge < -0.3 is 4.42 Å². The van der Waals surface area contributed by atoms with Crippen LogP contribution in [0, 0.1) is 6.92 Å². The van der Waals surface area contributed by atoms with Gasteiger partial charge in [0.2, 0.25) is 0 Å². The minimum atomic E-state index is -0.0914. The molecule has 0 amide bonds. The number of furan rings is 1. The molecule has 1 aromatic heterocycles. The lowest BCUT2D eigenvalue weighted by atomic mass is 10.2. The monoisotopic (exact) mass is 136 g/mol. The van der Waals surface area contributed by atoms with Crippen molar-refractivity contribution in [2.75, 3.05) is 0 Å². The standard InChI is InChI=1S/C8H8O2/c1-3-8(9)7-4-5-10-6(7)2/h3-5H,1H2,2H3. The average molecular weight is 136 g/mol. The normalized spacial score (nSPS) is 9.30. The Morgan fingerprint density at radius 2 is 2.50 bits per heavy atom. The largest absolute Gasteiger partial charge is 0.469 e. The van der Waals surface area contributed by atoms with Crippen LogP contribution in [-0.4, -0.2) is 5.78 Å². The summed E-state index contributed by atoms with van der Waals surface area (Å²) in [5, 5.41) is 0. The summed E-state index contributed by atoms with van der Waals surface area (Å²) in [5.41, 5.74) is 0.593. The van der Waals surface area contributed by atoms with Crippen molar-refractivity contribution in [1.29, 1.82) is 0 Å².